The normalized spacial score (nSPS) is 16.4. The number of carbonyl (C=O) groups excluding carboxylic acids is 3. The molecule has 2 aliphatic heterocycles. The molecule has 0 aliphatic carbocycles. The maximum Gasteiger partial charge on any atom is 0.253 e. The van der Waals surface area contributed by atoms with Crippen molar-refractivity contribution in [3.05, 3.63) is 96.1 Å². The van der Waals surface area contributed by atoms with E-state index in [-0.39, 0.29) is 24.3 Å². The highest BCUT2D eigenvalue weighted by molar-refractivity contribution is 5.98. The van der Waals surface area contributed by atoms with Gasteiger partial charge in [0.15, 0.2) is 0 Å². The van der Waals surface area contributed by atoms with Gasteiger partial charge in [-0.25, -0.2) is 0 Å². The first-order chi connectivity index (χ1) is 19.0. The third-order valence-corrected chi connectivity index (χ3v) is 7.69. The summed E-state index contributed by atoms with van der Waals surface area (Å²) in [7, 11) is 1.58. The molecule has 8 nitrogen and oxygen atoms in total. The van der Waals surface area contributed by atoms with Crippen LogP contribution in [0.3, 0.4) is 0 Å². The van der Waals surface area contributed by atoms with Gasteiger partial charge in [0, 0.05) is 30.9 Å². The Labute approximate surface area is 229 Å². The Hall–Kier alpha value is -4.33. The smallest absolute Gasteiger partial charge is 0.253 e. The van der Waals surface area contributed by atoms with E-state index in [2.05, 4.69) is 10.2 Å². The first kappa shape index (κ1) is 26.3. The molecule has 0 saturated carbocycles. The number of nitrogens with zero attached hydrogens (tertiary/aromatic N) is 3. The van der Waals surface area contributed by atoms with E-state index in [1.54, 1.807) is 35.1 Å². The van der Waals surface area contributed by atoms with E-state index in [4.69, 9.17) is 4.74 Å². The quantitative estimate of drug-likeness (QED) is 0.487. The molecule has 3 aromatic carbocycles. The molecular formula is C31H34N4O4. The number of hydrogen-bond acceptors (Lipinski definition) is 5. The Morgan fingerprint density at radius 1 is 0.923 bits per heavy atom. The molecule has 1 spiro atoms. The van der Waals surface area contributed by atoms with E-state index in [0.29, 0.717) is 50.5 Å². The van der Waals surface area contributed by atoms with Crippen molar-refractivity contribution < 1.29 is 19.1 Å². The number of methoxy groups -OCH3 is 1. The maximum atomic E-state index is 13.9. The highest BCUT2D eigenvalue weighted by Crippen LogP contribution is 2.39. The Balaban J connectivity index is 1.27. The van der Waals surface area contributed by atoms with Crippen molar-refractivity contribution in [1.29, 1.82) is 0 Å². The van der Waals surface area contributed by atoms with Crippen LogP contribution >= 0.6 is 0 Å². The summed E-state index contributed by atoms with van der Waals surface area (Å²) in [6.07, 6.45) is 1.71. The molecule has 202 valence electrons. The Bertz CT molecular complexity index is 1310. The molecular weight excluding hydrogens is 492 g/mol. The van der Waals surface area contributed by atoms with Gasteiger partial charge >= 0.3 is 0 Å². The monoisotopic (exact) mass is 526 g/mol. The van der Waals surface area contributed by atoms with E-state index < -0.39 is 5.54 Å². The molecule has 2 fully saturated rings. The number of nitrogens with one attached hydrogen (secondary N) is 1. The van der Waals surface area contributed by atoms with Gasteiger partial charge in [0.05, 0.1) is 13.8 Å². The predicted octanol–water partition coefficient (Wildman–Crippen LogP) is 3.34. The van der Waals surface area contributed by atoms with E-state index in [9.17, 15) is 14.4 Å². The van der Waals surface area contributed by atoms with Crippen LogP contribution in [0, 0.1) is 0 Å². The van der Waals surface area contributed by atoms with Crippen LogP contribution in [0.4, 0.5) is 5.69 Å². The highest BCUT2D eigenvalue weighted by atomic mass is 16.5. The number of piperidine rings is 1. The van der Waals surface area contributed by atoms with Gasteiger partial charge in [0.1, 0.15) is 17.8 Å². The molecule has 8 heteroatoms. The second kappa shape index (κ2) is 11.6. The number of likely N-dealkylation sites (tertiary alicyclic amines) is 1. The average Bonchev–Trinajstić information content (AvgIpc) is 3.24. The van der Waals surface area contributed by atoms with Crippen LogP contribution in [0.25, 0.3) is 0 Å². The molecule has 5 rings (SSSR count). The van der Waals surface area contributed by atoms with Gasteiger partial charge in [-0.3, -0.25) is 14.4 Å². The van der Waals surface area contributed by atoms with Gasteiger partial charge in [-0.05, 0) is 55.2 Å². The molecule has 39 heavy (non-hydrogen) atoms. The summed E-state index contributed by atoms with van der Waals surface area (Å²) in [6.45, 7) is 1.74. The summed E-state index contributed by atoms with van der Waals surface area (Å²) < 4.78 is 5.28. The third-order valence-electron chi connectivity index (χ3n) is 7.69. The predicted molar refractivity (Wildman–Crippen MR) is 150 cm³/mol. The van der Waals surface area contributed by atoms with E-state index in [1.165, 1.54) is 0 Å². The zero-order valence-electron chi connectivity index (χ0n) is 22.2. The van der Waals surface area contributed by atoms with Crippen molar-refractivity contribution in [2.45, 2.75) is 24.8 Å². The fourth-order valence-electron chi connectivity index (χ4n) is 5.56. The lowest BCUT2D eigenvalue weighted by Gasteiger charge is -2.43. The molecule has 0 bridgehead atoms. The van der Waals surface area contributed by atoms with Gasteiger partial charge < -0.3 is 24.8 Å². The lowest BCUT2D eigenvalue weighted by Crippen LogP contribution is -2.57. The molecule has 3 aromatic rings. The summed E-state index contributed by atoms with van der Waals surface area (Å²) in [5, 5.41) is 2.96. The molecule has 2 aliphatic rings. The van der Waals surface area contributed by atoms with Crippen LogP contribution in [-0.4, -0.2) is 73.0 Å². The summed E-state index contributed by atoms with van der Waals surface area (Å²) in [5.41, 5.74) is 1.86. The summed E-state index contributed by atoms with van der Waals surface area (Å²) in [4.78, 5) is 45.5. The molecule has 3 amide bonds. The second-order valence-electron chi connectivity index (χ2n) is 10.0. The number of para-hydroxylation sites is 1. The summed E-state index contributed by atoms with van der Waals surface area (Å²) in [6, 6.07) is 27.0. The maximum absolute atomic E-state index is 13.9. The number of anilines is 1. The van der Waals surface area contributed by atoms with Gasteiger partial charge in [-0.2, -0.15) is 0 Å². The lowest BCUT2D eigenvalue weighted by molar-refractivity contribution is -0.137. The Kier molecular flexibility index (Phi) is 7.81. The second-order valence-corrected chi connectivity index (χ2v) is 10.0. The van der Waals surface area contributed by atoms with E-state index in [0.717, 1.165) is 17.7 Å². The molecule has 0 radical (unpaired) electrons. The standard InChI is InChI=1S/C31H34N4O4/c1-39-27-14-8-11-25(21-27)29(37)33-19-16-31(17-20-33)30(38)34(23-35(31)26-12-6-3-7-13-26)22-28(36)32-18-15-24-9-4-2-5-10-24/h2-14,21H,15-20,22-23H2,1H3,(H,32,36). The van der Waals surface area contributed by atoms with Crippen molar-refractivity contribution in [3.63, 3.8) is 0 Å². The van der Waals surface area contributed by atoms with Crippen molar-refractivity contribution in [2.75, 3.05) is 44.9 Å². The van der Waals surface area contributed by atoms with Gasteiger partial charge in [-0.1, -0.05) is 54.6 Å². The lowest BCUT2D eigenvalue weighted by atomic mass is 9.85. The average molecular weight is 527 g/mol. The number of benzene rings is 3. The van der Waals surface area contributed by atoms with Crippen LogP contribution in [0.5, 0.6) is 5.75 Å². The van der Waals surface area contributed by atoms with Crippen LogP contribution in [0.1, 0.15) is 28.8 Å². The molecule has 0 aromatic heterocycles. The Morgan fingerprint density at radius 3 is 2.31 bits per heavy atom. The van der Waals surface area contributed by atoms with Crippen molar-refractivity contribution >= 4 is 23.4 Å². The number of carbonyl (C=O) groups is 3. The number of ether oxygens (including phenoxy) is 1. The fraction of sp³-hybridized carbons (Fsp3) is 0.323. The first-order valence-corrected chi connectivity index (χ1v) is 13.4. The van der Waals surface area contributed by atoms with Crippen molar-refractivity contribution in [2.24, 2.45) is 0 Å². The zero-order chi connectivity index (χ0) is 27.2. The highest BCUT2D eigenvalue weighted by Gasteiger charge is 2.54. The SMILES string of the molecule is COc1cccc(C(=O)N2CCC3(CC2)C(=O)N(CC(=O)NCCc2ccccc2)CN3c2ccccc2)c1. The molecule has 1 N–H and O–H groups in total. The minimum Gasteiger partial charge on any atom is -0.497 e. The topological polar surface area (TPSA) is 82.2 Å². The molecule has 2 saturated heterocycles. The number of rotatable bonds is 8. The van der Waals surface area contributed by atoms with Crippen LogP contribution in [-0.2, 0) is 16.0 Å². The minimum atomic E-state index is -0.795. The van der Waals surface area contributed by atoms with E-state index >= 15 is 0 Å². The third kappa shape index (κ3) is 5.60. The summed E-state index contributed by atoms with van der Waals surface area (Å²) in [5.74, 6) is 0.330. The van der Waals surface area contributed by atoms with Gasteiger partial charge in [0.25, 0.3) is 11.8 Å². The van der Waals surface area contributed by atoms with Gasteiger partial charge in [0.2, 0.25) is 5.91 Å². The molecule has 2 heterocycles. The fourth-order valence-corrected chi connectivity index (χ4v) is 5.56. The van der Waals surface area contributed by atoms with Crippen molar-refractivity contribution in [3.8, 4) is 5.75 Å². The van der Waals surface area contributed by atoms with Crippen LogP contribution in [0.15, 0.2) is 84.9 Å². The van der Waals surface area contributed by atoms with Crippen molar-refractivity contribution in [1.82, 2.24) is 15.1 Å². The first-order valence-electron chi connectivity index (χ1n) is 13.4. The molecule has 0 atom stereocenters. The molecule has 0 unspecified atom stereocenters. The number of amides is 3. The minimum absolute atomic E-state index is 0.00512. The summed E-state index contributed by atoms with van der Waals surface area (Å²) >= 11 is 0. The Morgan fingerprint density at radius 2 is 1.62 bits per heavy atom. The number of hydrogen-bond donors (Lipinski definition) is 1. The van der Waals surface area contributed by atoms with Gasteiger partial charge in [-0.15, -0.1) is 0 Å². The van der Waals surface area contributed by atoms with Crippen LogP contribution in [0.2, 0.25) is 0 Å². The largest absolute Gasteiger partial charge is 0.497 e. The van der Waals surface area contributed by atoms with E-state index in [1.807, 2.05) is 66.7 Å². The van der Waals surface area contributed by atoms with Crippen LogP contribution < -0.4 is 15.0 Å². The zero-order valence-corrected chi connectivity index (χ0v) is 22.2.